The van der Waals surface area contributed by atoms with E-state index in [0.29, 0.717) is 0 Å². The van der Waals surface area contributed by atoms with Crippen LogP contribution in [0.25, 0.3) is 0 Å². The molecule has 2 nitrogen and oxygen atoms in total. The highest BCUT2D eigenvalue weighted by Crippen LogP contribution is 2.31. The summed E-state index contributed by atoms with van der Waals surface area (Å²) in [5, 5.41) is 3.64. The molecule has 0 radical (unpaired) electrons. The molecule has 1 unspecified atom stereocenters. The highest BCUT2D eigenvalue weighted by atomic mass is 16.3. The minimum absolute atomic E-state index is 0.133. The van der Waals surface area contributed by atoms with Crippen molar-refractivity contribution in [2.45, 2.75) is 45.1 Å². The highest BCUT2D eigenvalue weighted by Gasteiger charge is 2.29. The Labute approximate surface area is 85.7 Å². The summed E-state index contributed by atoms with van der Waals surface area (Å²) in [6.07, 6.45) is 8.91. The number of hydrogen-bond acceptors (Lipinski definition) is 2. The normalized spacial score (nSPS) is 28.7. The molecule has 1 N–H and O–H groups in total. The maximum Gasteiger partial charge on any atom is 0.0955 e. The maximum absolute atomic E-state index is 5.26. The fourth-order valence-electron chi connectivity index (χ4n) is 2.39. The lowest BCUT2D eigenvalue weighted by Gasteiger charge is -2.29. The lowest BCUT2D eigenvalue weighted by atomic mass is 9.87. The first-order valence-corrected chi connectivity index (χ1v) is 5.51. The highest BCUT2D eigenvalue weighted by molar-refractivity contribution is 5.27. The van der Waals surface area contributed by atoms with Crippen LogP contribution in [0, 0.1) is 6.92 Å². The van der Waals surface area contributed by atoms with Crippen LogP contribution in [0.3, 0.4) is 0 Å². The summed E-state index contributed by atoms with van der Waals surface area (Å²) in [4.78, 5) is 0. The van der Waals surface area contributed by atoms with Gasteiger partial charge in [-0.1, -0.05) is 12.8 Å². The molecule has 0 spiro atoms. The van der Waals surface area contributed by atoms with Crippen LogP contribution < -0.4 is 5.32 Å². The molecule has 2 heterocycles. The van der Waals surface area contributed by atoms with E-state index in [1.807, 2.05) is 12.5 Å². The summed E-state index contributed by atoms with van der Waals surface area (Å²) in [6.45, 7) is 5.54. The third-order valence-corrected chi connectivity index (χ3v) is 3.32. The molecule has 2 rings (SSSR count). The molecule has 0 bridgehead atoms. The van der Waals surface area contributed by atoms with E-state index in [0.717, 1.165) is 6.54 Å². The van der Waals surface area contributed by atoms with Gasteiger partial charge in [0.2, 0.25) is 0 Å². The predicted octanol–water partition coefficient (Wildman–Crippen LogP) is 2.97. The van der Waals surface area contributed by atoms with Crippen LogP contribution in [0.4, 0.5) is 0 Å². The number of hydrogen-bond donors (Lipinski definition) is 1. The molecule has 14 heavy (non-hydrogen) atoms. The van der Waals surface area contributed by atoms with E-state index >= 15 is 0 Å². The Morgan fingerprint density at radius 1 is 1.29 bits per heavy atom. The molecular weight excluding hydrogens is 174 g/mol. The van der Waals surface area contributed by atoms with Gasteiger partial charge in [-0.05, 0) is 38.8 Å². The number of nitrogens with one attached hydrogen (secondary N) is 1. The number of rotatable bonds is 1. The lowest BCUT2D eigenvalue weighted by molar-refractivity contribution is 0.354. The zero-order chi connectivity index (χ0) is 10.0. The minimum Gasteiger partial charge on any atom is -0.472 e. The molecule has 0 aromatic carbocycles. The molecule has 2 heteroatoms. The summed E-state index contributed by atoms with van der Waals surface area (Å²) in [6, 6.07) is 0. The van der Waals surface area contributed by atoms with Crippen LogP contribution in [-0.2, 0) is 5.54 Å². The van der Waals surface area contributed by atoms with Crippen molar-refractivity contribution in [2.75, 3.05) is 6.54 Å². The topological polar surface area (TPSA) is 25.2 Å². The van der Waals surface area contributed by atoms with Crippen LogP contribution in [-0.4, -0.2) is 6.54 Å². The first-order valence-electron chi connectivity index (χ1n) is 5.51. The molecular formula is C12H19NO. The average molecular weight is 193 g/mol. The number of furan rings is 1. The van der Waals surface area contributed by atoms with E-state index < -0.39 is 0 Å². The third-order valence-electron chi connectivity index (χ3n) is 3.32. The molecule has 1 aromatic heterocycles. The predicted molar refractivity (Wildman–Crippen MR) is 57.3 cm³/mol. The summed E-state index contributed by atoms with van der Waals surface area (Å²) in [5.41, 5.74) is 2.73. The van der Waals surface area contributed by atoms with E-state index in [4.69, 9.17) is 4.42 Å². The van der Waals surface area contributed by atoms with Gasteiger partial charge in [-0.3, -0.25) is 0 Å². The Balaban J connectivity index is 2.25. The summed E-state index contributed by atoms with van der Waals surface area (Å²) < 4.78 is 5.26. The number of aryl methyl sites for hydroxylation is 1. The van der Waals surface area contributed by atoms with Crippen molar-refractivity contribution < 1.29 is 4.42 Å². The van der Waals surface area contributed by atoms with Crippen LogP contribution in [0.5, 0.6) is 0 Å². The molecule has 1 atom stereocenters. The van der Waals surface area contributed by atoms with E-state index in [9.17, 15) is 0 Å². The van der Waals surface area contributed by atoms with E-state index in [2.05, 4.69) is 19.2 Å². The second kappa shape index (κ2) is 3.77. The molecule has 0 saturated carbocycles. The Hall–Kier alpha value is -0.760. The van der Waals surface area contributed by atoms with Gasteiger partial charge >= 0.3 is 0 Å². The first-order chi connectivity index (χ1) is 6.72. The average Bonchev–Trinajstić information content (AvgIpc) is 2.46. The van der Waals surface area contributed by atoms with Crippen molar-refractivity contribution in [3.8, 4) is 0 Å². The summed E-state index contributed by atoms with van der Waals surface area (Å²) in [7, 11) is 0. The Kier molecular flexibility index (Phi) is 2.64. The fourth-order valence-corrected chi connectivity index (χ4v) is 2.39. The Morgan fingerprint density at radius 3 is 2.86 bits per heavy atom. The van der Waals surface area contributed by atoms with Gasteiger partial charge in [-0.25, -0.2) is 0 Å². The first kappa shape index (κ1) is 9.78. The van der Waals surface area contributed by atoms with Crippen molar-refractivity contribution in [1.82, 2.24) is 5.32 Å². The third kappa shape index (κ3) is 1.71. The standard InChI is InChI=1S/C12H19NO/c1-10-8-14-9-11(10)12(2)6-4-3-5-7-13-12/h8-9,13H,3-7H2,1-2H3. The molecule has 1 aliphatic rings. The smallest absolute Gasteiger partial charge is 0.0955 e. The summed E-state index contributed by atoms with van der Waals surface area (Å²) in [5.74, 6) is 0. The van der Waals surface area contributed by atoms with Crippen molar-refractivity contribution in [1.29, 1.82) is 0 Å². The van der Waals surface area contributed by atoms with Gasteiger partial charge < -0.3 is 9.73 Å². The zero-order valence-electron chi connectivity index (χ0n) is 9.10. The van der Waals surface area contributed by atoms with Crippen molar-refractivity contribution >= 4 is 0 Å². The van der Waals surface area contributed by atoms with Gasteiger partial charge in [0.15, 0.2) is 0 Å². The van der Waals surface area contributed by atoms with Gasteiger partial charge in [0.1, 0.15) is 0 Å². The minimum atomic E-state index is 0.133. The largest absolute Gasteiger partial charge is 0.472 e. The maximum atomic E-state index is 5.26. The lowest BCUT2D eigenvalue weighted by Crippen LogP contribution is -2.38. The molecule has 0 amide bonds. The van der Waals surface area contributed by atoms with Crippen LogP contribution in [0.2, 0.25) is 0 Å². The zero-order valence-corrected chi connectivity index (χ0v) is 9.10. The Bertz CT molecular complexity index is 295. The van der Waals surface area contributed by atoms with E-state index in [1.165, 1.54) is 36.8 Å². The van der Waals surface area contributed by atoms with Gasteiger partial charge in [-0.2, -0.15) is 0 Å². The van der Waals surface area contributed by atoms with Gasteiger partial charge in [0, 0.05) is 11.1 Å². The van der Waals surface area contributed by atoms with E-state index in [-0.39, 0.29) is 5.54 Å². The second-order valence-electron chi connectivity index (χ2n) is 4.54. The molecule has 1 aliphatic heterocycles. The molecule has 1 fully saturated rings. The fraction of sp³-hybridized carbons (Fsp3) is 0.667. The van der Waals surface area contributed by atoms with Gasteiger partial charge in [0.05, 0.1) is 12.5 Å². The molecule has 1 aromatic rings. The quantitative estimate of drug-likeness (QED) is 0.741. The van der Waals surface area contributed by atoms with Crippen LogP contribution >= 0.6 is 0 Å². The van der Waals surface area contributed by atoms with Crippen LogP contribution in [0.15, 0.2) is 16.9 Å². The van der Waals surface area contributed by atoms with Gasteiger partial charge in [-0.15, -0.1) is 0 Å². The Morgan fingerprint density at radius 2 is 2.14 bits per heavy atom. The second-order valence-corrected chi connectivity index (χ2v) is 4.54. The molecule has 0 aliphatic carbocycles. The SMILES string of the molecule is Cc1cocc1C1(C)CCCCCN1. The monoisotopic (exact) mass is 193 g/mol. The van der Waals surface area contributed by atoms with Gasteiger partial charge in [0.25, 0.3) is 0 Å². The van der Waals surface area contributed by atoms with Crippen LogP contribution in [0.1, 0.15) is 43.7 Å². The molecule has 1 saturated heterocycles. The van der Waals surface area contributed by atoms with Crippen molar-refractivity contribution in [3.63, 3.8) is 0 Å². The molecule has 78 valence electrons. The van der Waals surface area contributed by atoms with E-state index in [1.54, 1.807) is 0 Å². The summed E-state index contributed by atoms with van der Waals surface area (Å²) >= 11 is 0. The van der Waals surface area contributed by atoms with Crippen molar-refractivity contribution in [2.24, 2.45) is 0 Å². The van der Waals surface area contributed by atoms with Crippen molar-refractivity contribution in [3.05, 3.63) is 23.7 Å².